The molecule has 2 bridgehead atoms. The fourth-order valence-corrected chi connectivity index (χ4v) is 3.19. The predicted molar refractivity (Wildman–Crippen MR) is 116 cm³/mol. The second kappa shape index (κ2) is 10.6. The minimum atomic E-state index is 0.505. The van der Waals surface area contributed by atoms with Gasteiger partial charge in [-0.1, -0.05) is 72.8 Å². The molecular formula is C26H26O4. The molecule has 0 atom stereocenters. The quantitative estimate of drug-likeness (QED) is 0.469. The van der Waals surface area contributed by atoms with E-state index in [1.165, 1.54) is 0 Å². The van der Waals surface area contributed by atoms with Gasteiger partial charge in [-0.05, 0) is 23.3 Å². The number of hydrogen-bond donors (Lipinski definition) is 0. The van der Waals surface area contributed by atoms with Gasteiger partial charge in [0.25, 0.3) is 0 Å². The largest absolute Gasteiger partial charge is 0.489 e. The first kappa shape index (κ1) is 20.2. The number of fused-ring (bicyclic) bond motifs is 10. The summed E-state index contributed by atoms with van der Waals surface area (Å²) in [5.41, 5.74) is 4.30. The van der Waals surface area contributed by atoms with Gasteiger partial charge >= 0.3 is 0 Å². The van der Waals surface area contributed by atoms with E-state index >= 15 is 0 Å². The molecule has 0 fully saturated rings. The van der Waals surface area contributed by atoms with Crippen molar-refractivity contribution < 1.29 is 18.9 Å². The first-order valence-corrected chi connectivity index (χ1v) is 10.2. The van der Waals surface area contributed by atoms with E-state index < -0.39 is 0 Å². The molecule has 4 nitrogen and oxygen atoms in total. The van der Waals surface area contributed by atoms with Crippen LogP contribution in [0.3, 0.4) is 0 Å². The normalized spacial score (nSPS) is 16.4. The van der Waals surface area contributed by atoms with E-state index in [2.05, 4.69) is 24.3 Å². The van der Waals surface area contributed by atoms with Crippen LogP contribution < -0.4 is 9.47 Å². The number of ether oxygens (including phenoxy) is 4. The van der Waals surface area contributed by atoms with Crippen molar-refractivity contribution in [2.75, 3.05) is 13.2 Å². The highest BCUT2D eigenvalue weighted by molar-refractivity contribution is 5.34. The third-order valence-electron chi connectivity index (χ3n) is 4.87. The van der Waals surface area contributed by atoms with Crippen molar-refractivity contribution in [3.8, 4) is 11.5 Å². The highest BCUT2D eigenvalue weighted by Gasteiger charge is 2.06. The van der Waals surface area contributed by atoms with Crippen LogP contribution in [0.4, 0.5) is 0 Å². The van der Waals surface area contributed by atoms with Gasteiger partial charge in [0.15, 0.2) is 0 Å². The van der Waals surface area contributed by atoms with Gasteiger partial charge in [-0.2, -0.15) is 0 Å². The Morgan fingerprint density at radius 2 is 0.900 bits per heavy atom. The number of hydrogen-bond acceptors (Lipinski definition) is 4. The Balaban J connectivity index is 1.50. The van der Waals surface area contributed by atoms with E-state index in [0.717, 1.165) is 33.8 Å². The SMILES string of the molecule is C1=C\COCc2ccccc2OCc2ccc(cc2)COc2ccccc2COC/1. The van der Waals surface area contributed by atoms with Gasteiger partial charge in [-0.15, -0.1) is 0 Å². The molecule has 0 aromatic heterocycles. The summed E-state index contributed by atoms with van der Waals surface area (Å²) in [6.45, 7) is 3.09. The Morgan fingerprint density at radius 3 is 1.37 bits per heavy atom. The Bertz CT molecular complexity index is 884. The molecule has 2 heterocycles. The third kappa shape index (κ3) is 5.72. The van der Waals surface area contributed by atoms with Crippen molar-refractivity contribution in [3.05, 3.63) is 107 Å². The molecule has 2 aliphatic rings. The van der Waals surface area contributed by atoms with Crippen molar-refractivity contribution >= 4 is 0 Å². The molecule has 0 N–H and O–H groups in total. The Kier molecular flexibility index (Phi) is 7.16. The maximum atomic E-state index is 6.05. The molecule has 0 amide bonds. The summed E-state index contributed by atoms with van der Waals surface area (Å²) in [5.74, 6) is 1.70. The minimum Gasteiger partial charge on any atom is -0.489 e. The fraction of sp³-hybridized carbons (Fsp3) is 0.231. The van der Waals surface area contributed by atoms with Crippen molar-refractivity contribution in [3.63, 3.8) is 0 Å². The van der Waals surface area contributed by atoms with Crippen molar-refractivity contribution in [1.29, 1.82) is 0 Å². The maximum absolute atomic E-state index is 6.05. The van der Waals surface area contributed by atoms with Crippen LogP contribution in [-0.4, -0.2) is 13.2 Å². The molecule has 2 aliphatic heterocycles. The molecule has 154 valence electrons. The molecular weight excluding hydrogens is 376 g/mol. The maximum Gasteiger partial charge on any atom is 0.125 e. The molecule has 0 radical (unpaired) electrons. The summed E-state index contributed by atoms with van der Waals surface area (Å²) < 4.78 is 23.7. The number of para-hydroxylation sites is 2. The molecule has 0 aliphatic carbocycles. The average molecular weight is 402 g/mol. The van der Waals surface area contributed by atoms with E-state index in [1.807, 2.05) is 60.7 Å². The van der Waals surface area contributed by atoms with E-state index in [1.54, 1.807) is 0 Å². The van der Waals surface area contributed by atoms with Crippen LogP contribution in [0.2, 0.25) is 0 Å². The van der Waals surface area contributed by atoms with Crippen LogP contribution in [-0.2, 0) is 35.9 Å². The van der Waals surface area contributed by atoms with Crippen molar-refractivity contribution in [2.24, 2.45) is 0 Å². The predicted octanol–water partition coefficient (Wildman–Crippen LogP) is 5.45. The first-order chi connectivity index (χ1) is 14.9. The first-order valence-electron chi connectivity index (χ1n) is 10.2. The van der Waals surface area contributed by atoms with Crippen LogP contribution in [0, 0.1) is 0 Å². The molecule has 4 heteroatoms. The van der Waals surface area contributed by atoms with E-state index in [0.29, 0.717) is 39.6 Å². The summed E-state index contributed by atoms with van der Waals surface area (Å²) in [5, 5.41) is 0. The van der Waals surface area contributed by atoms with Crippen molar-refractivity contribution in [1.82, 2.24) is 0 Å². The van der Waals surface area contributed by atoms with Crippen LogP contribution in [0.15, 0.2) is 84.9 Å². The van der Waals surface area contributed by atoms with Gasteiger partial charge < -0.3 is 18.9 Å². The van der Waals surface area contributed by atoms with Crippen LogP contribution >= 0.6 is 0 Å². The molecule has 5 rings (SSSR count). The van der Waals surface area contributed by atoms with Gasteiger partial charge in [0, 0.05) is 11.1 Å². The zero-order chi connectivity index (χ0) is 20.4. The minimum absolute atomic E-state index is 0.505. The third-order valence-corrected chi connectivity index (χ3v) is 4.87. The molecule has 3 aromatic carbocycles. The van der Waals surface area contributed by atoms with E-state index in [9.17, 15) is 0 Å². The Morgan fingerprint density at radius 1 is 0.467 bits per heavy atom. The lowest BCUT2D eigenvalue weighted by molar-refractivity contribution is 0.136. The Hall–Kier alpha value is -3.08. The standard InChI is InChI=1S/C26H26O4/c1-3-9-25-23(7-1)19-27-15-5-6-16-28-20-24-8-2-4-10-26(24)30-18-22-13-11-21(12-14-22)17-29-25/h1-14H,15-20H2/b6-5-. The molecule has 0 spiro atoms. The monoisotopic (exact) mass is 402 g/mol. The van der Waals surface area contributed by atoms with Crippen LogP contribution in [0.5, 0.6) is 11.5 Å². The van der Waals surface area contributed by atoms with Gasteiger partial charge in [-0.25, -0.2) is 0 Å². The number of benzene rings is 3. The summed E-state index contributed by atoms with van der Waals surface area (Å²) in [4.78, 5) is 0. The van der Waals surface area contributed by atoms with Gasteiger partial charge in [0.05, 0.1) is 26.4 Å². The van der Waals surface area contributed by atoms with Gasteiger partial charge in [-0.3, -0.25) is 0 Å². The fourth-order valence-electron chi connectivity index (χ4n) is 3.19. The molecule has 0 saturated carbocycles. The molecule has 0 saturated heterocycles. The summed E-state index contributed by atoms with van der Waals surface area (Å²) in [7, 11) is 0. The summed E-state index contributed by atoms with van der Waals surface area (Å²) in [6.07, 6.45) is 3.95. The van der Waals surface area contributed by atoms with Crippen LogP contribution in [0.1, 0.15) is 22.3 Å². The van der Waals surface area contributed by atoms with Gasteiger partial charge in [0.2, 0.25) is 0 Å². The Labute approximate surface area is 177 Å². The molecule has 3 aromatic rings. The van der Waals surface area contributed by atoms with Gasteiger partial charge in [0.1, 0.15) is 24.7 Å². The lowest BCUT2D eigenvalue weighted by Crippen LogP contribution is -2.03. The lowest BCUT2D eigenvalue weighted by atomic mass is 10.1. The average Bonchev–Trinajstić information content (AvgIpc) is 2.79. The lowest BCUT2D eigenvalue weighted by Gasteiger charge is -2.13. The summed E-state index contributed by atoms with van der Waals surface area (Å²) >= 11 is 0. The van der Waals surface area contributed by atoms with E-state index in [4.69, 9.17) is 18.9 Å². The smallest absolute Gasteiger partial charge is 0.125 e. The zero-order valence-corrected chi connectivity index (χ0v) is 17.0. The molecule has 30 heavy (non-hydrogen) atoms. The topological polar surface area (TPSA) is 36.9 Å². The highest BCUT2D eigenvalue weighted by atomic mass is 16.5. The number of rotatable bonds is 0. The second-order valence-corrected chi connectivity index (χ2v) is 7.11. The summed E-state index contributed by atoms with van der Waals surface area (Å²) in [6, 6.07) is 24.3. The molecule has 0 unspecified atom stereocenters. The zero-order valence-electron chi connectivity index (χ0n) is 17.0. The van der Waals surface area contributed by atoms with E-state index in [-0.39, 0.29) is 0 Å². The van der Waals surface area contributed by atoms with Crippen LogP contribution in [0.25, 0.3) is 0 Å². The van der Waals surface area contributed by atoms with Crippen molar-refractivity contribution in [2.45, 2.75) is 26.4 Å². The highest BCUT2D eigenvalue weighted by Crippen LogP contribution is 2.22. The second-order valence-electron chi connectivity index (χ2n) is 7.11.